The summed E-state index contributed by atoms with van der Waals surface area (Å²) in [7, 11) is 4.21. The van der Waals surface area contributed by atoms with Gasteiger partial charge in [-0.3, -0.25) is 0 Å². The van der Waals surface area contributed by atoms with Crippen molar-refractivity contribution in [2.24, 2.45) is 0 Å². The van der Waals surface area contributed by atoms with Crippen molar-refractivity contribution in [3.05, 3.63) is 36.4 Å². The molecule has 2 heterocycles. The average Bonchev–Trinajstić information content (AvgIpc) is 2.37. The van der Waals surface area contributed by atoms with Gasteiger partial charge in [-0.2, -0.15) is 4.98 Å². The molecule has 5 nitrogen and oxygen atoms in total. The number of likely N-dealkylation sites (N-methyl/N-ethyl adjacent to an activating group) is 1. The van der Waals surface area contributed by atoms with Gasteiger partial charge in [0.25, 0.3) is 0 Å². The van der Waals surface area contributed by atoms with Crippen molar-refractivity contribution in [1.82, 2.24) is 14.9 Å². The summed E-state index contributed by atoms with van der Waals surface area (Å²) in [5.74, 6) is 1.24. The Kier molecular flexibility index (Phi) is 3.28. The predicted molar refractivity (Wildman–Crippen MR) is 81.6 cm³/mol. The molecule has 2 aromatic rings. The minimum absolute atomic E-state index is 0.328. The van der Waals surface area contributed by atoms with Crippen molar-refractivity contribution >= 4 is 11.8 Å². The Hall–Kier alpha value is -2.14. The fourth-order valence-electron chi connectivity index (χ4n) is 2.34. The lowest BCUT2D eigenvalue weighted by Crippen LogP contribution is -2.57. The van der Waals surface area contributed by atoms with E-state index in [1.165, 1.54) is 0 Å². The summed E-state index contributed by atoms with van der Waals surface area (Å²) in [5.41, 5.74) is 7.79. The van der Waals surface area contributed by atoms with Gasteiger partial charge in [0.05, 0.1) is 5.69 Å². The van der Waals surface area contributed by atoms with E-state index in [1.54, 1.807) is 0 Å². The zero-order chi connectivity index (χ0) is 14.1. The quantitative estimate of drug-likeness (QED) is 0.914. The van der Waals surface area contributed by atoms with E-state index in [4.69, 9.17) is 5.73 Å². The number of hydrogen-bond acceptors (Lipinski definition) is 5. The van der Waals surface area contributed by atoms with Gasteiger partial charge in [-0.05, 0) is 14.1 Å². The van der Waals surface area contributed by atoms with Crippen LogP contribution in [0.3, 0.4) is 0 Å². The van der Waals surface area contributed by atoms with E-state index < -0.39 is 0 Å². The van der Waals surface area contributed by atoms with Crippen LogP contribution < -0.4 is 10.6 Å². The Morgan fingerprint density at radius 2 is 1.85 bits per heavy atom. The summed E-state index contributed by atoms with van der Waals surface area (Å²) in [6.45, 7) is 1.97. The minimum atomic E-state index is 0.328. The molecule has 0 unspecified atom stereocenters. The van der Waals surface area contributed by atoms with Crippen LogP contribution in [0.15, 0.2) is 36.4 Å². The van der Waals surface area contributed by atoms with Crippen LogP contribution in [0, 0.1) is 0 Å². The lowest BCUT2D eigenvalue weighted by Gasteiger charge is -2.43. The van der Waals surface area contributed by atoms with Crippen molar-refractivity contribution in [3.8, 4) is 11.3 Å². The highest BCUT2D eigenvalue weighted by Gasteiger charge is 2.29. The first kappa shape index (κ1) is 12.9. The maximum atomic E-state index is 5.85. The molecule has 1 aromatic carbocycles. The summed E-state index contributed by atoms with van der Waals surface area (Å²) in [4.78, 5) is 13.1. The van der Waals surface area contributed by atoms with Crippen LogP contribution in [0.1, 0.15) is 0 Å². The van der Waals surface area contributed by atoms with Gasteiger partial charge >= 0.3 is 0 Å². The third kappa shape index (κ3) is 2.44. The van der Waals surface area contributed by atoms with E-state index in [0.717, 1.165) is 30.2 Å². The Morgan fingerprint density at radius 3 is 2.50 bits per heavy atom. The molecular weight excluding hydrogens is 250 g/mol. The number of nitrogens with zero attached hydrogens (tertiary/aromatic N) is 4. The summed E-state index contributed by atoms with van der Waals surface area (Å²) in [6, 6.07) is 12.7. The molecule has 3 rings (SSSR count). The molecule has 5 heteroatoms. The second-order valence-electron chi connectivity index (χ2n) is 5.36. The molecular formula is C15H19N5. The lowest BCUT2D eigenvalue weighted by atomic mass is 10.1. The highest BCUT2D eigenvalue weighted by Crippen LogP contribution is 2.26. The van der Waals surface area contributed by atoms with Gasteiger partial charge in [-0.1, -0.05) is 30.3 Å². The molecule has 1 aliphatic rings. The Morgan fingerprint density at radius 1 is 1.15 bits per heavy atom. The van der Waals surface area contributed by atoms with Crippen molar-refractivity contribution in [3.63, 3.8) is 0 Å². The molecule has 0 radical (unpaired) electrons. The average molecular weight is 269 g/mol. The predicted octanol–water partition coefficient (Wildman–Crippen LogP) is 1.48. The second kappa shape index (κ2) is 5.09. The normalized spacial score (nSPS) is 15.4. The fourth-order valence-corrected chi connectivity index (χ4v) is 2.34. The molecule has 0 saturated carbocycles. The smallest absolute Gasteiger partial charge is 0.222 e. The van der Waals surface area contributed by atoms with E-state index in [-0.39, 0.29) is 0 Å². The van der Waals surface area contributed by atoms with Crippen molar-refractivity contribution in [1.29, 1.82) is 0 Å². The first-order valence-corrected chi connectivity index (χ1v) is 6.75. The molecule has 1 aliphatic heterocycles. The molecule has 2 N–H and O–H groups in total. The Labute approximate surface area is 119 Å². The molecule has 0 aliphatic carbocycles. The van der Waals surface area contributed by atoms with Gasteiger partial charge in [0, 0.05) is 30.8 Å². The van der Waals surface area contributed by atoms with Crippen LogP contribution in [0.2, 0.25) is 0 Å². The van der Waals surface area contributed by atoms with Crippen molar-refractivity contribution in [2.75, 3.05) is 37.8 Å². The molecule has 1 saturated heterocycles. The molecule has 0 spiro atoms. The standard InChI is InChI=1S/C15H19N5/c1-19(2)12-9-20(10-12)14-8-13(17-15(16)18-14)11-6-4-3-5-7-11/h3-8,12H,9-10H2,1-2H3,(H2,16,17,18). The van der Waals surface area contributed by atoms with E-state index in [2.05, 4.69) is 33.9 Å². The molecule has 1 fully saturated rings. The van der Waals surface area contributed by atoms with Crippen molar-refractivity contribution in [2.45, 2.75) is 6.04 Å². The van der Waals surface area contributed by atoms with Crippen LogP contribution in [-0.2, 0) is 0 Å². The highest BCUT2D eigenvalue weighted by atomic mass is 15.3. The van der Waals surface area contributed by atoms with Gasteiger partial charge in [-0.25, -0.2) is 4.98 Å². The fraction of sp³-hybridized carbons (Fsp3) is 0.333. The number of nitrogen functional groups attached to an aromatic ring is 1. The molecule has 104 valence electrons. The molecule has 1 aromatic heterocycles. The zero-order valence-corrected chi connectivity index (χ0v) is 11.8. The van der Waals surface area contributed by atoms with Gasteiger partial charge < -0.3 is 15.5 Å². The maximum absolute atomic E-state index is 5.85. The number of benzene rings is 1. The van der Waals surface area contributed by atoms with E-state index in [9.17, 15) is 0 Å². The van der Waals surface area contributed by atoms with E-state index >= 15 is 0 Å². The zero-order valence-electron chi connectivity index (χ0n) is 11.8. The van der Waals surface area contributed by atoms with Gasteiger partial charge in [0.2, 0.25) is 5.95 Å². The SMILES string of the molecule is CN(C)C1CN(c2cc(-c3ccccc3)nc(N)n2)C1. The van der Waals surface area contributed by atoms with Crippen LogP contribution in [-0.4, -0.2) is 48.1 Å². The summed E-state index contributed by atoms with van der Waals surface area (Å²) < 4.78 is 0. The van der Waals surface area contributed by atoms with Gasteiger partial charge in [0.15, 0.2) is 0 Å². The third-order valence-electron chi connectivity index (χ3n) is 3.72. The van der Waals surface area contributed by atoms with E-state index in [1.807, 2.05) is 36.4 Å². The number of hydrogen-bond donors (Lipinski definition) is 1. The first-order valence-electron chi connectivity index (χ1n) is 6.75. The minimum Gasteiger partial charge on any atom is -0.368 e. The lowest BCUT2D eigenvalue weighted by molar-refractivity contribution is 0.246. The molecule has 0 amide bonds. The molecule has 20 heavy (non-hydrogen) atoms. The van der Waals surface area contributed by atoms with Crippen LogP contribution >= 0.6 is 0 Å². The largest absolute Gasteiger partial charge is 0.368 e. The molecule has 0 atom stereocenters. The number of rotatable bonds is 3. The van der Waals surface area contributed by atoms with Crippen molar-refractivity contribution < 1.29 is 0 Å². The summed E-state index contributed by atoms with van der Waals surface area (Å²) >= 11 is 0. The summed E-state index contributed by atoms with van der Waals surface area (Å²) in [6.07, 6.45) is 0. The Bertz CT molecular complexity index is 590. The Balaban J connectivity index is 1.85. The van der Waals surface area contributed by atoms with E-state index in [0.29, 0.717) is 12.0 Å². The summed E-state index contributed by atoms with van der Waals surface area (Å²) in [5, 5.41) is 0. The number of aromatic nitrogens is 2. The number of anilines is 2. The first-order chi connectivity index (χ1) is 9.63. The highest BCUT2D eigenvalue weighted by molar-refractivity contribution is 5.64. The van der Waals surface area contributed by atoms with Gasteiger partial charge in [0.1, 0.15) is 5.82 Å². The molecule has 0 bridgehead atoms. The topological polar surface area (TPSA) is 58.3 Å². The monoisotopic (exact) mass is 269 g/mol. The van der Waals surface area contributed by atoms with Crippen LogP contribution in [0.4, 0.5) is 11.8 Å². The third-order valence-corrected chi connectivity index (χ3v) is 3.72. The maximum Gasteiger partial charge on any atom is 0.222 e. The van der Waals surface area contributed by atoms with Gasteiger partial charge in [-0.15, -0.1) is 0 Å². The van der Waals surface area contributed by atoms with Crippen LogP contribution in [0.5, 0.6) is 0 Å². The second-order valence-corrected chi connectivity index (χ2v) is 5.36. The van der Waals surface area contributed by atoms with Crippen LogP contribution in [0.25, 0.3) is 11.3 Å². The number of nitrogens with two attached hydrogens (primary N) is 1.